The molecule has 0 aliphatic carbocycles. The second kappa shape index (κ2) is 9.68. The number of hydrogen-bond donors (Lipinski definition) is 3. The number of amides is 3. The van der Waals surface area contributed by atoms with Crippen LogP contribution in [-0.4, -0.2) is 27.6 Å². The van der Waals surface area contributed by atoms with Gasteiger partial charge in [0, 0.05) is 11.2 Å². The van der Waals surface area contributed by atoms with Crippen LogP contribution in [0.15, 0.2) is 47.1 Å². The number of primary amides is 1. The molecule has 0 aliphatic heterocycles. The molecule has 0 saturated carbocycles. The summed E-state index contributed by atoms with van der Waals surface area (Å²) in [5.74, 6) is -1.35. The molecule has 1 aromatic carbocycles. The van der Waals surface area contributed by atoms with Gasteiger partial charge in [0.15, 0.2) is 11.7 Å². The molecule has 180 valence electrons. The summed E-state index contributed by atoms with van der Waals surface area (Å²) in [5.41, 5.74) is 12.0. The number of nitrogens with two attached hydrogens (primary N) is 2. The fourth-order valence-electron chi connectivity index (χ4n) is 3.40. The highest BCUT2D eigenvalue weighted by Crippen LogP contribution is 2.34. The average Bonchev–Trinajstić information content (AvgIpc) is 3.40. The van der Waals surface area contributed by atoms with Gasteiger partial charge in [-0.2, -0.15) is 4.37 Å². The summed E-state index contributed by atoms with van der Waals surface area (Å²) in [5, 5.41) is 2.92. The quantitative estimate of drug-likeness (QED) is 0.465. The van der Waals surface area contributed by atoms with E-state index in [0.29, 0.717) is 5.69 Å². The number of anilines is 2. The third-order valence-electron chi connectivity index (χ3n) is 5.03. The number of rotatable bonds is 7. The zero-order valence-electron chi connectivity index (χ0n) is 19.8. The zero-order chi connectivity index (χ0) is 25.2. The molecule has 1 atom stereocenters. The fraction of sp³-hybridized carbons (Fsp3) is 0.333. The molecule has 3 amide bonds. The van der Waals surface area contributed by atoms with Gasteiger partial charge >= 0.3 is 0 Å². The summed E-state index contributed by atoms with van der Waals surface area (Å²) in [6, 6.07) is 9.44. The Kier molecular flexibility index (Phi) is 7.11. The lowest BCUT2D eigenvalue weighted by atomic mass is 10.0. The van der Waals surface area contributed by atoms with Gasteiger partial charge in [-0.15, -0.1) is 0 Å². The van der Waals surface area contributed by atoms with Gasteiger partial charge in [0.05, 0.1) is 12.0 Å². The number of nitrogen functional groups attached to an aromatic ring is 1. The number of nitrogens with zero attached hydrogens (tertiary/aromatic N) is 2. The maximum Gasteiger partial charge on any atom is 0.273 e. The Morgan fingerprint density at radius 2 is 1.76 bits per heavy atom. The molecule has 0 fully saturated rings. The molecule has 0 aliphatic rings. The summed E-state index contributed by atoms with van der Waals surface area (Å²) in [4.78, 5) is 40.3. The van der Waals surface area contributed by atoms with Crippen LogP contribution in [0.25, 0.3) is 0 Å². The summed E-state index contributed by atoms with van der Waals surface area (Å²) in [7, 11) is 0. The molecule has 0 unspecified atom stereocenters. The lowest BCUT2D eigenvalue weighted by Gasteiger charge is -2.32. The molecule has 0 radical (unpaired) electrons. The first-order chi connectivity index (χ1) is 15.9. The predicted octanol–water partition coefficient (Wildman–Crippen LogP) is 3.84. The smallest absolute Gasteiger partial charge is 0.273 e. The van der Waals surface area contributed by atoms with Crippen molar-refractivity contribution in [1.29, 1.82) is 0 Å². The summed E-state index contributed by atoms with van der Waals surface area (Å²) < 4.78 is 9.53. The van der Waals surface area contributed by atoms with Crippen molar-refractivity contribution in [3.63, 3.8) is 0 Å². The van der Waals surface area contributed by atoms with E-state index in [1.165, 1.54) is 11.2 Å². The highest BCUT2D eigenvalue weighted by Gasteiger charge is 2.38. The Bertz CT molecular complexity index is 1180. The van der Waals surface area contributed by atoms with Crippen molar-refractivity contribution in [2.45, 2.75) is 52.1 Å². The summed E-state index contributed by atoms with van der Waals surface area (Å²) in [6.45, 7) is 9.64. The van der Waals surface area contributed by atoms with E-state index in [9.17, 15) is 14.4 Å². The van der Waals surface area contributed by atoms with Crippen LogP contribution in [0.1, 0.15) is 78.1 Å². The Balaban J connectivity index is 2.19. The zero-order valence-corrected chi connectivity index (χ0v) is 20.6. The van der Waals surface area contributed by atoms with Crippen molar-refractivity contribution < 1.29 is 18.8 Å². The Labute approximate surface area is 202 Å². The molecule has 9 nitrogen and oxygen atoms in total. The van der Waals surface area contributed by atoms with E-state index in [-0.39, 0.29) is 27.9 Å². The number of nitrogens with one attached hydrogen (secondary N) is 1. The number of carbonyl (C=O) groups excluding carboxylic acids is 3. The standard InChI is InChI=1S/C24H29N5O4S/c1-13(2)14-8-10-15(11-9-14)29(23(32)20-17(25)18(21(26)30)28-34-20)19(16-7-6-12-33-16)22(31)27-24(3,4)5/h6-13,19H,25H2,1-5H3,(H2,26,30)(H,27,31)/t19-/m1/s1. The van der Waals surface area contributed by atoms with Crippen molar-refractivity contribution in [1.82, 2.24) is 9.69 Å². The van der Waals surface area contributed by atoms with Gasteiger partial charge in [0.2, 0.25) is 0 Å². The van der Waals surface area contributed by atoms with Crippen molar-refractivity contribution in [3.8, 4) is 0 Å². The highest BCUT2D eigenvalue weighted by atomic mass is 32.1. The number of hydrogen-bond acceptors (Lipinski definition) is 7. The van der Waals surface area contributed by atoms with Crippen molar-refractivity contribution in [2.24, 2.45) is 5.73 Å². The van der Waals surface area contributed by atoms with Gasteiger partial charge < -0.3 is 21.2 Å². The molecular formula is C24H29N5O4S. The van der Waals surface area contributed by atoms with Crippen LogP contribution >= 0.6 is 11.5 Å². The third kappa shape index (κ3) is 5.28. The average molecular weight is 484 g/mol. The van der Waals surface area contributed by atoms with Crippen LogP contribution in [0.4, 0.5) is 11.4 Å². The van der Waals surface area contributed by atoms with Gasteiger partial charge in [0.1, 0.15) is 10.6 Å². The molecule has 3 aromatic rings. The predicted molar refractivity (Wildman–Crippen MR) is 132 cm³/mol. The van der Waals surface area contributed by atoms with Crippen LogP contribution in [0.5, 0.6) is 0 Å². The number of carbonyl (C=O) groups is 3. The Morgan fingerprint density at radius 1 is 1.12 bits per heavy atom. The van der Waals surface area contributed by atoms with E-state index < -0.39 is 29.3 Å². The normalized spacial score (nSPS) is 12.4. The molecule has 5 N–H and O–H groups in total. The van der Waals surface area contributed by atoms with Gasteiger partial charge in [-0.1, -0.05) is 26.0 Å². The lowest BCUT2D eigenvalue weighted by Crippen LogP contribution is -2.49. The van der Waals surface area contributed by atoms with Crippen LogP contribution in [0.3, 0.4) is 0 Å². The lowest BCUT2D eigenvalue weighted by molar-refractivity contribution is -0.124. The molecule has 2 heterocycles. The third-order valence-corrected chi connectivity index (χ3v) is 5.88. The molecule has 10 heteroatoms. The highest BCUT2D eigenvalue weighted by molar-refractivity contribution is 7.09. The van der Waals surface area contributed by atoms with Gasteiger partial charge in [-0.25, -0.2) is 0 Å². The first-order valence-electron chi connectivity index (χ1n) is 10.7. The number of benzene rings is 1. The molecule has 2 aromatic heterocycles. The minimum absolute atomic E-state index is 0.00171. The Morgan fingerprint density at radius 3 is 2.24 bits per heavy atom. The molecule has 0 saturated heterocycles. The van der Waals surface area contributed by atoms with Gasteiger partial charge in [-0.05, 0) is 68.1 Å². The largest absolute Gasteiger partial charge is 0.467 e. The Hall–Kier alpha value is -3.66. The van der Waals surface area contributed by atoms with Crippen molar-refractivity contribution in [3.05, 3.63) is 64.6 Å². The van der Waals surface area contributed by atoms with E-state index in [4.69, 9.17) is 15.9 Å². The molecule has 0 bridgehead atoms. The van der Waals surface area contributed by atoms with E-state index in [1.807, 2.05) is 32.9 Å². The molecule has 34 heavy (non-hydrogen) atoms. The van der Waals surface area contributed by atoms with Crippen LogP contribution in [-0.2, 0) is 4.79 Å². The fourth-order valence-corrected chi connectivity index (χ4v) is 4.14. The minimum Gasteiger partial charge on any atom is -0.467 e. The van der Waals surface area contributed by atoms with Gasteiger partial charge in [0.25, 0.3) is 17.7 Å². The summed E-state index contributed by atoms with van der Waals surface area (Å²) in [6.07, 6.45) is 1.43. The SMILES string of the molecule is CC(C)c1ccc(N(C(=O)c2snc(C(N)=O)c2N)[C@@H](C(=O)NC(C)(C)C)c2ccco2)cc1. The van der Waals surface area contributed by atoms with Gasteiger partial charge in [-0.3, -0.25) is 19.3 Å². The topological polar surface area (TPSA) is 145 Å². The van der Waals surface area contributed by atoms with E-state index >= 15 is 0 Å². The maximum absolute atomic E-state index is 13.9. The minimum atomic E-state index is -1.15. The second-order valence-electron chi connectivity index (χ2n) is 9.22. The van der Waals surface area contributed by atoms with E-state index in [0.717, 1.165) is 17.1 Å². The van der Waals surface area contributed by atoms with Crippen LogP contribution < -0.4 is 21.7 Å². The number of aromatic nitrogens is 1. The monoisotopic (exact) mass is 483 g/mol. The first kappa shape index (κ1) is 25.0. The second-order valence-corrected chi connectivity index (χ2v) is 9.99. The van der Waals surface area contributed by atoms with Crippen molar-refractivity contribution >= 4 is 40.6 Å². The maximum atomic E-state index is 13.9. The van der Waals surface area contributed by atoms with Crippen LogP contribution in [0, 0.1) is 0 Å². The first-order valence-corrected chi connectivity index (χ1v) is 11.5. The molecular weight excluding hydrogens is 454 g/mol. The van der Waals surface area contributed by atoms with E-state index in [1.54, 1.807) is 24.3 Å². The number of furan rings is 1. The molecule has 3 rings (SSSR count). The van der Waals surface area contributed by atoms with E-state index in [2.05, 4.69) is 23.5 Å². The summed E-state index contributed by atoms with van der Waals surface area (Å²) >= 11 is 0.754. The molecule has 0 spiro atoms. The van der Waals surface area contributed by atoms with Crippen LogP contribution in [0.2, 0.25) is 0 Å². The van der Waals surface area contributed by atoms with Crippen molar-refractivity contribution in [2.75, 3.05) is 10.6 Å².